The van der Waals surface area contributed by atoms with E-state index >= 15 is 0 Å². The van der Waals surface area contributed by atoms with Gasteiger partial charge in [-0.15, -0.1) is 0 Å². The van der Waals surface area contributed by atoms with Crippen LogP contribution in [0.2, 0.25) is 5.02 Å². The molecule has 0 fully saturated rings. The van der Waals surface area contributed by atoms with E-state index in [9.17, 15) is 9.59 Å². The van der Waals surface area contributed by atoms with Gasteiger partial charge >= 0.3 is 0 Å². The third-order valence-corrected chi connectivity index (χ3v) is 3.44. The lowest BCUT2D eigenvalue weighted by Gasteiger charge is -2.11. The van der Waals surface area contributed by atoms with Gasteiger partial charge in [-0.1, -0.05) is 17.7 Å². The molecule has 0 saturated heterocycles. The van der Waals surface area contributed by atoms with Crippen LogP contribution in [0.1, 0.15) is 6.42 Å². The molecule has 0 aliphatic carbocycles. The Morgan fingerprint density at radius 1 is 1.29 bits per heavy atom. The number of hydrogen-bond donors (Lipinski definition) is 1. The van der Waals surface area contributed by atoms with Gasteiger partial charge in [-0.3, -0.25) is 9.59 Å². The predicted molar refractivity (Wildman–Crippen MR) is 83.3 cm³/mol. The van der Waals surface area contributed by atoms with Gasteiger partial charge in [0.05, 0.1) is 0 Å². The molecule has 1 heterocycles. The largest absolute Gasteiger partial charge is 0.354 e. The minimum atomic E-state index is -0.126. The number of aromatic nitrogens is 1. The zero-order valence-electron chi connectivity index (χ0n) is 12.1. The summed E-state index contributed by atoms with van der Waals surface area (Å²) in [7, 11) is 3.39. The first-order chi connectivity index (χ1) is 9.97. The minimum absolute atomic E-state index is 0.00602. The number of rotatable bonds is 5. The SMILES string of the molecule is CN(C)C(=O)CCNC(=O)Cn1ccc2ccc(Cl)cc21. The Bertz CT molecular complexity index is 664. The van der Waals surface area contributed by atoms with Crippen LogP contribution in [0.25, 0.3) is 10.9 Å². The van der Waals surface area contributed by atoms with Crippen molar-refractivity contribution in [2.45, 2.75) is 13.0 Å². The molecule has 2 rings (SSSR count). The molecule has 0 spiro atoms. The Kier molecular flexibility index (Phi) is 4.85. The monoisotopic (exact) mass is 307 g/mol. The van der Waals surface area contributed by atoms with E-state index in [0.717, 1.165) is 10.9 Å². The summed E-state index contributed by atoms with van der Waals surface area (Å²) in [6.45, 7) is 0.551. The molecule has 0 aliphatic rings. The molecular formula is C15H18ClN3O2. The second kappa shape index (κ2) is 6.63. The van der Waals surface area contributed by atoms with E-state index < -0.39 is 0 Å². The van der Waals surface area contributed by atoms with Crippen LogP contribution < -0.4 is 5.32 Å². The van der Waals surface area contributed by atoms with E-state index in [1.165, 1.54) is 4.90 Å². The number of nitrogens with zero attached hydrogens (tertiary/aromatic N) is 2. The number of fused-ring (bicyclic) bond motifs is 1. The zero-order chi connectivity index (χ0) is 15.4. The zero-order valence-corrected chi connectivity index (χ0v) is 12.9. The Hall–Kier alpha value is -2.01. The second-order valence-electron chi connectivity index (χ2n) is 5.03. The quantitative estimate of drug-likeness (QED) is 0.917. The van der Waals surface area contributed by atoms with E-state index in [0.29, 0.717) is 18.0 Å². The predicted octanol–water partition coefficient (Wildman–Crippen LogP) is 1.89. The highest BCUT2D eigenvalue weighted by molar-refractivity contribution is 6.31. The van der Waals surface area contributed by atoms with E-state index in [4.69, 9.17) is 11.6 Å². The fourth-order valence-corrected chi connectivity index (χ4v) is 2.20. The van der Waals surface area contributed by atoms with Crippen LogP contribution >= 0.6 is 11.6 Å². The molecule has 0 saturated carbocycles. The standard InChI is InChI=1S/C15H18ClN3O2/c1-18(2)15(21)5-7-17-14(20)10-19-8-6-11-3-4-12(16)9-13(11)19/h3-4,6,8-9H,5,7,10H2,1-2H3,(H,17,20). The fraction of sp³-hybridized carbons (Fsp3) is 0.333. The van der Waals surface area contributed by atoms with Crippen molar-refractivity contribution < 1.29 is 9.59 Å². The molecule has 1 aromatic carbocycles. The number of hydrogen-bond acceptors (Lipinski definition) is 2. The molecule has 0 atom stereocenters. The Morgan fingerprint density at radius 2 is 2.05 bits per heavy atom. The molecule has 2 aromatic rings. The molecule has 1 aromatic heterocycles. The normalized spacial score (nSPS) is 10.6. The van der Waals surface area contributed by atoms with Gasteiger partial charge in [-0.05, 0) is 23.6 Å². The van der Waals surface area contributed by atoms with Crippen LogP contribution in [0.4, 0.5) is 0 Å². The molecule has 0 bridgehead atoms. The number of carbonyl (C=O) groups excluding carboxylic acids is 2. The van der Waals surface area contributed by atoms with Crippen LogP contribution in [0, 0.1) is 0 Å². The highest BCUT2D eigenvalue weighted by Gasteiger charge is 2.08. The lowest BCUT2D eigenvalue weighted by Crippen LogP contribution is -2.32. The third kappa shape index (κ3) is 3.98. The van der Waals surface area contributed by atoms with Crippen molar-refractivity contribution in [1.82, 2.24) is 14.8 Å². The van der Waals surface area contributed by atoms with Gasteiger partial charge in [0.2, 0.25) is 11.8 Å². The highest BCUT2D eigenvalue weighted by Crippen LogP contribution is 2.20. The molecule has 0 radical (unpaired) electrons. The number of carbonyl (C=O) groups is 2. The molecular weight excluding hydrogens is 290 g/mol. The molecule has 0 aliphatic heterocycles. The molecule has 112 valence electrons. The van der Waals surface area contributed by atoms with E-state index in [1.807, 2.05) is 35.0 Å². The summed E-state index contributed by atoms with van der Waals surface area (Å²) >= 11 is 5.98. The molecule has 1 N–H and O–H groups in total. The summed E-state index contributed by atoms with van der Waals surface area (Å²) in [5.41, 5.74) is 0.919. The van der Waals surface area contributed by atoms with Crippen LogP contribution in [0.5, 0.6) is 0 Å². The number of halogens is 1. The molecule has 0 unspecified atom stereocenters. The maximum absolute atomic E-state index is 11.9. The van der Waals surface area contributed by atoms with Gasteiger partial charge in [0, 0.05) is 43.8 Å². The first-order valence-corrected chi connectivity index (χ1v) is 7.06. The summed E-state index contributed by atoms with van der Waals surface area (Å²) < 4.78 is 1.84. The van der Waals surface area contributed by atoms with Crippen molar-refractivity contribution in [2.75, 3.05) is 20.6 Å². The van der Waals surface area contributed by atoms with Crippen molar-refractivity contribution in [2.24, 2.45) is 0 Å². The molecule has 21 heavy (non-hydrogen) atoms. The second-order valence-corrected chi connectivity index (χ2v) is 5.47. The van der Waals surface area contributed by atoms with Gasteiger partial charge < -0.3 is 14.8 Å². The van der Waals surface area contributed by atoms with Crippen LogP contribution in [-0.2, 0) is 16.1 Å². The number of nitrogens with one attached hydrogen (secondary N) is 1. The van der Waals surface area contributed by atoms with Gasteiger partial charge in [0.1, 0.15) is 6.54 Å². The number of benzene rings is 1. The van der Waals surface area contributed by atoms with Crippen molar-refractivity contribution in [3.8, 4) is 0 Å². The van der Waals surface area contributed by atoms with Crippen molar-refractivity contribution in [3.05, 3.63) is 35.5 Å². The highest BCUT2D eigenvalue weighted by atomic mass is 35.5. The summed E-state index contributed by atoms with van der Waals surface area (Å²) in [6, 6.07) is 7.51. The van der Waals surface area contributed by atoms with Gasteiger partial charge in [-0.2, -0.15) is 0 Å². The maximum atomic E-state index is 11.9. The smallest absolute Gasteiger partial charge is 0.239 e. The first-order valence-electron chi connectivity index (χ1n) is 6.68. The minimum Gasteiger partial charge on any atom is -0.354 e. The maximum Gasteiger partial charge on any atom is 0.239 e. The van der Waals surface area contributed by atoms with E-state index in [2.05, 4.69) is 5.32 Å². The van der Waals surface area contributed by atoms with E-state index in [-0.39, 0.29) is 18.4 Å². The average molecular weight is 308 g/mol. The van der Waals surface area contributed by atoms with Crippen molar-refractivity contribution >= 4 is 34.3 Å². The van der Waals surface area contributed by atoms with Crippen molar-refractivity contribution in [1.29, 1.82) is 0 Å². The summed E-state index contributed by atoms with van der Waals surface area (Å²) in [5.74, 6) is -0.132. The molecule has 2 amide bonds. The lowest BCUT2D eigenvalue weighted by molar-refractivity contribution is -0.128. The summed E-state index contributed by atoms with van der Waals surface area (Å²) in [5, 5.41) is 4.42. The molecule has 5 nitrogen and oxygen atoms in total. The first kappa shape index (κ1) is 15.4. The summed E-state index contributed by atoms with van der Waals surface area (Å²) in [4.78, 5) is 24.8. The molecule has 6 heteroatoms. The van der Waals surface area contributed by atoms with E-state index in [1.54, 1.807) is 14.1 Å². The van der Waals surface area contributed by atoms with Gasteiger partial charge in [0.15, 0.2) is 0 Å². The Labute approximate surface area is 128 Å². The van der Waals surface area contributed by atoms with Crippen LogP contribution in [-0.4, -0.2) is 41.9 Å². The average Bonchev–Trinajstić information content (AvgIpc) is 2.81. The summed E-state index contributed by atoms with van der Waals surface area (Å²) in [6.07, 6.45) is 2.16. The Balaban J connectivity index is 1.93. The number of amides is 2. The van der Waals surface area contributed by atoms with Gasteiger partial charge in [0.25, 0.3) is 0 Å². The fourth-order valence-electron chi connectivity index (χ4n) is 2.04. The van der Waals surface area contributed by atoms with Gasteiger partial charge in [-0.25, -0.2) is 0 Å². The topological polar surface area (TPSA) is 54.3 Å². The third-order valence-electron chi connectivity index (χ3n) is 3.21. The lowest BCUT2D eigenvalue weighted by atomic mass is 10.2. The van der Waals surface area contributed by atoms with Crippen LogP contribution in [0.15, 0.2) is 30.5 Å². The Morgan fingerprint density at radius 3 is 2.76 bits per heavy atom. The van der Waals surface area contributed by atoms with Crippen molar-refractivity contribution in [3.63, 3.8) is 0 Å². The van der Waals surface area contributed by atoms with Crippen LogP contribution in [0.3, 0.4) is 0 Å².